The molecule has 1 N–H and O–H groups in total. The lowest BCUT2D eigenvalue weighted by molar-refractivity contribution is -0.142. The van der Waals surface area contributed by atoms with E-state index in [9.17, 15) is 18.0 Å². The number of amides is 1. The average Bonchev–Trinajstić information content (AvgIpc) is 3.48. The van der Waals surface area contributed by atoms with E-state index in [1.165, 1.54) is 31.9 Å². The molecule has 0 atom stereocenters. The normalized spacial score (nSPS) is 11.6. The number of thiazole rings is 1. The number of nitrogens with zero attached hydrogens (tertiary/aromatic N) is 7. The molecule has 5 heterocycles. The van der Waals surface area contributed by atoms with Gasteiger partial charge in [-0.2, -0.15) is 23.3 Å². The van der Waals surface area contributed by atoms with Gasteiger partial charge in [0.2, 0.25) is 0 Å². The van der Waals surface area contributed by atoms with Crippen LogP contribution in [0.1, 0.15) is 21.7 Å². The molecule has 5 rings (SSSR count). The Morgan fingerprint density at radius 3 is 2.50 bits per heavy atom. The molecule has 0 spiro atoms. The van der Waals surface area contributed by atoms with Crippen LogP contribution in [0.2, 0.25) is 0 Å². The molecule has 10 nitrogen and oxygen atoms in total. The van der Waals surface area contributed by atoms with E-state index >= 15 is 0 Å². The minimum Gasteiger partial charge on any atom is -0.494 e. The van der Waals surface area contributed by atoms with E-state index < -0.39 is 18.6 Å². The van der Waals surface area contributed by atoms with Crippen LogP contribution in [-0.2, 0) is 6.54 Å². The Bertz CT molecular complexity index is 1660. The molecule has 0 aliphatic heterocycles. The summed E-state index contributed by atoms with van der Waals surface area (Å²) in [5, 5.41) is 6.75. The van der Waals surface area contributed by atoms with Crippen molar-refractivity contribution in [2.45, 2.75) is 26.6 Å². The van der Waals surface area contributed by atoms with Gasteiger partial charge in [-0.1, -0.05) is 11.3 Å². The van der Waals surface area contributed by atoms with Gasteiger partial charge in [-0.3, -0.25) is 24.8 Å². The van der Waals surface area contributed by atoms with Crippen molar-refractivity contribution in [3.63, 3.8) is 0 Å². The molecule has 1 amide bonds. The second kappa shape index (κ2) is 9.78. The first-order valence-electron chi connectivity index (χ1n) is 11.1. The monoisotopic (exact) mass is 540 g/mol. The number of rotatable bonds is 6. The number of halogens is 3. The van der Waals surface area contributed by atoms with Gasteiger partial charge in [0.05, 0.1) is 37.0 Å². The van der Waals surface area contributed by atoms with Crippen LogP contribution < -0.4 is 10.1 Å². The molecule has 0 radical (unpaired) electrons. The first-order chi connectivity index (χ1) is 18.1. The van der Waals surface area contributed by atoms with Crippen LogP contribution in [0.5, 0.6) is 5.75 Å². The third-order valence-electron chi connectivity index (χ3n) is 5.41. The highest BCUT2D eigenvalue weighted by atomic mass is 32.1. The molecule has 5 aromatic heterocycles. The summed E-state index contributed by atoms with van der Waals surface area (Å²) >= 11 is 1.08. The Labute approximate surface area is 217 Å². The molecule has 0 bridgehead atoms. The summed E-state index contributed by atoms with van der Waals surface area (Å²) in [6, 6.07) is 3.62. The summed E-state index contributed by atoms with van der Waals surface area (Å²) in [6.07, 6.45) is 2.61. The number of methoxy groups -OCH3 is 1. The number of carbonyl (C=O) groups excluding carboxylic acids is 1. The summed E-state index contributed by atoms with van der Waals surface area (Å²) in [5.41, 5.74) is 4.07. The van der Waals surface area contributed by atoms with Crippen molar-refractivity contribution < 1.29 is 22.7 Å². The molecular weight excluding hydrogens is 521 g/mol. The fraction of sp³-hybridized carbons (Fsp3) is 0.208. The zero-order valence-electron chi connectivity index (χ0n) is 20.2. The maximum atomic E-state index is 13.3. The van der Waals surface area contributed by atoms with Crippen molar-refractivity contribution in [2.24, 2.45) is 0 Å². The molecule has 0 unspecified atom stereocenters. The van der Waals surface area contributed by atoms with Gasteiger partial charge in [0.1, 0.15) is 12.3 Å². The predicted octanol–water partition coefficient (Wildman–Crippen LogP) is 4.85. The Morgan fingerprint density at radius 1 is 1.03 bits per heavy atom. The lowest BCUT2D eigenvalue weighted by Crippen LogP contribution is -2.17. The smallest absolute Gasteiger partial charge is 0.408 e. The number of alkyl halides is 3. The fourth-order valence-electron chi connectivity index (χ4n) is 3.73. The second-order valence-corrected chi connectivity index (χ2v) is 9.27. The van der Waals surface area contributed by atoms with Gasteiger partial charge in [0.25, 0.3) is 5.91 Å². The van der Waals surface area contributed by atoms with Crippen molar-refractivity contribution in [3.8, 4) is 28.1 Å². The summed E-state index contributed by atoms with van der Waals surface area (Å²) < 4.78 is 44.2. The van der Waals surface area contributed by atoms with Crippen LogP contribution in [0.25, 0.3) is 32.9 Å². The number of fused-ring (bicyclic) bond motifs is 1. The van der Waals surface area contributed by atoms with Crippen LogP contribution in [0.3, 0.4) is 0 Å². The first kappa shape index (κ1) is 25.2. The van der Waals surface area contributed by atoms with Crippen LogP contribution in [0.15, 0.2) is 43.1 Å². The van der Waals surface area contributed by atoms with E-state index in [4.69, 9.17) is 4.74 Å². The lowest BCUT2D eigenvalue weighted by Gasteiger charge is -2.13. The minimum atomic E-state index is -4.39. The molecule has 0 aromatic carbocycles. The van der Waals surface area contributed by atoms with Gasteiger partial charge in [-0.25, -0.2) is 9.97 Å². The van der Waals surface area contributed by atoms with Crippen molar-refractivity contribution in [2.75, 3.05) is 12.4 Å². The molecule has 14 heteroatoms. The Balaban J connectivity index is 1.43. The van der Waals surface area contributed by atoms with E-state index in [-0.39, 0.29) is 10.8 Å². The van der Waals surface area contributed by atoms with Gasteiger partial charge in [0, 0.05) is 40.5 Å². The van der Waals surface area contributed by atoms with Gasteiger partial charge in [-0.05, 0) is 26.0 Å². The third-order valence-corrected chi connectivity index (χ3v) is 6.27. The maximum Gasteiger partial charge on any atom is 0.408 e. The van der Waals surface area contributed by atoms with E-state index in [1.54, 1.807) is 12.3 Å². The Kier molecular flexibility index (Phi) is 6.48. The highest BCUT2D eigenvalue weighted by Crippen LogP contribution is 2.34. The van der Waals surface area contributed by atoms with Gasteiger partial charge >= 0.3 is 6.18 Å². The number of anilines is 1. The van der Waals surface area contributed by atoms with Crippen LogP contribution in [0, 0.1) is 13.8 Å². The molecule has 0 fully saturated rings. The second-order valence-electron chi connectivity index (χ2n) is 8.30. The summed E-state index contributed by atoms with van der Waals surface area (Å²) in [4.78, 5) is 35.2. The lowest BCUT2D eigenvalue weighted by atomic mass is 9.99. The molecule has 0 aliphatic carbocycles. The van der Waals surface area contributed by atoms with Crippen LogP contribution in [-0.4, -0.2) is 53.9 Å². The standard InChI is InChI=1S/C24H19F3N8O2S/c1-12-4-15(16-5-13(2)29-9-19(16)37-3)17(7-28-12)21(36)34-23-33-20-22(38-23)32-18(8-30-20)14-6-31-35(10-14)11-24(25,26)27/h4-10H,11H2,1-3H3,(H,30,33,34,36). The SMILES string of the molecule is COc1cnc(C)cc1-c1cc(C)ncc1C(=O)Nc1nc2ncc(-c3cnn(CC(F)(F)F)c3)nc2s1. The van der Waals surface area contributed by atoms with Crippen LogP contribution in [0.4, 0.5) is 18.3 Å². The Hall–Kier alpha value is -4.46. The number of carbonyl (C=O) groups is 1. The number of aromatic nitrogens is 7. The molecule has 5 aromatic rings. The highest BCUT2D eigenvalue weighted by Gasteiger charge is 2.28. The van der Waals surface area contributed by atoms with E-state index in [0.29, 0.717) is 44.2 Å². The van der Waals surface area contributed by atoms with Gasteiger partial charge in [0.15, 0.2) is 15.6 Å². The third kappa shape index (κ3) is 5.29. The largest absolute Gasteiger partial charge is 0.494 e. The van der Waals surface area contributed by atoms with Crippen molar-refractivity contribution >= 4 is 32.9 Å². The number of hydrogen-bond acceptors (Lipinski definition) is 9. The summed E-state index contributed by atoms with van der Waals surface area (Å²) in [6.45, 7) is 2.45. The van der Waals surface area contributed by atoms with E-state index in [2.05, 4.69) is 35.3 Å². The quantitative estimate of drug-likeness (QED) is 0.325. The summed E-state index contributed by atoms with van der Waals surface area (Å²) in [5.74, 6) is 0.0615. The van der Waals surface area contributed by atoms with E-state index in [1.807, 2.05) is 19.9 Å². The van der Waals surface area contributed by atoms with Gasteiger partial charge < -0.3 is 4.74 Å². The van der Waals surface area contributed by atoms with Crippen LogP contribution >= 0.6 is 11.3 Å². The molecule has 0 saturated heterocycles. The molecule has 38 heavy (non-hydrogen) atoms. The molecule has 0 aliphatic rings. The number of hydrogen-bond donors (Lipinski definition) is 1. The minimum absolute atomic E-state index is 0.249. The van der Waals surface area contributed by atoms with Crippen molar-refractivity contribution in [1.29, 1.82) is 0 Å². The van der Waals surface area contributed by atoms with Gasteiger partial charge in [-0.15, -0.1) is 0 Å². The summed E-state index contributed by atoms with van der Waals surface area (Å²) in [7, 11) is 1.53. The molecule has 0 saturated carbocycles. The topological polar surface area (TPSA) is 121 Å². The van der Waals surface area contributed by atoms with Crippen molar-refractivity contribution in [3.05, 3.63) is 60.1 Å². The van der Waals surface area contributed by atoms with Crippen molar-refractivity contribution in [1.82, 2.24) is 34.7 Å². The zero-order valence-corrected chi connectivity index (χ0v) is 21.1. The Morgan fingerprint density at radius 2 is 1.76 bits per heavy atom. The predicted molar refractivity (Wildman–Crippen MR) is 134 cm³/mol. The first-order valence-corrected chi connectivity index (χ1v) is 11.9. The molecule has 194 valence electrons. The zero-order chi connectivity index (χ0) is 27.0. The number of aryl methyl sites for hydroxylation is 2. The van der Waals surface area contributed by atoms with E-state index in [0.717, 1.165) is 21.7 Å². The number of ether oxygens (including phenoxy) is 1. The maximum absolute atomic E-state index is 13.3. The number of pyridine rings is 2. The molecular formula is C24H19F3N8O2S. The highest BCUT2D eigenvalue weighted by molar-refractivity contribution is 7.21. The number of nitrogens with one attached hydrogen (secondary N) is 1. The fourth-order valence-corrected chi connectivity index (χ4v) is 4.52. The average molecular weight is 541 g/mol.